The molecule has 0 aliphatic rings. The van der Waals surface area contributed by atoms with Gasteiger partial charge in [0.05, 0.1) is 11.9 Å². The third-order valence-corrected chi connectivity index (χ3v) is 7.02. The minimum absolute atomic E-state index is 0.0567. The highest BCUT2D eigenvalue weighted by atomic mass is 32.2. The summed E-state index contributed by atoms with van der Waals surface area (Å²) in [6.45, 7) is 4.16. The molecule has 2 rings (SSSR count). The number of anilines is 1. The zero-order valence-electron chi connectivity index (χ0n) is 21.3. The molecule has 1 N–H and O–H groups in total. The Kier molecular flexibility index (Phi) is 11.4. The van der Waals surface area contributed by atoms with Crippen LogP contribution in [0.25, 0.3) is 0 Å². The van der Waals surface area contributed by atoms with E-state index in [2.05, 4.69) is 5.32 Å². The molecular formula is C26H34F3N3O4S. The molecule has 0 saturated carbocycles. The van der Waals surface area contributed by atoms with E-state index in [4.69, 9.17) is 0 Å². The van der Waals surface area contributed by atoms with Crippen LogP contribution in [-0.2, 0) is 26.2 Å². The van der Waals surface area contributed by atoms with Crippen LogP contribution < -0.4 is 9.62 Å². The Morgan fingerprint density at radius 2 is 1.65 bits per heavy atom. The summed E-state index contributed by atoms with van der Waals surface area (Å²) in [7, 11) is -3.85. The maximum absolute atomic E-state index is 13.7. The molecule has 204 valence electrons. The van der Waals surface area contributed by atoms with Crippen LogP contribution in [-0.4, -0.2) is 50.5 Å². The van der Waals surface area contributed by atoms with Crippen molar-refractivity contribution in [2.24, 2.45) is 0 Å². The average Bonchev–Trinajstić information content (AvgIpc) is 2.84. The summed E-state index contributed by atoms with van der Waals surface area (Å²) in [6.07, 6.45) is 2.93. The molecule has 0 saturated heterocycles. The molecule has 11 heteroatoms. The second-order valence-electron chi connectivity index (χ2n) is 8.75. The van der Waals surface area contributed by atoms with Crippen molar-refractivity contribution in [3.63, 3.8) is 0 Å². The van der Waals surface area contributed by atoms with Gasteiger partial charge in [0.2, 0.25) is 21.8 Å². The quantitative estimate of drug-likeness (QED) is 0.360. The van der Waals surface area contributed by atoms with E-state index in [0.29, 0.717) is 18.5 Å². The molecule has 2 amide bonds. The first kappa shape index (κ1) is 30.1. The third kappa shape index (κ3) is 9.07. The number of nitrogens with zero attached hydrogens (tertiary/aromatic N) is 2. The summed E-state index contributed by atoms with van der Waals surface area (Å²) < 4.78 is 66.0. The van der Waals surface area contributed by atoms with Crippen molar-refractivity contribution in [1.82, 2.24) is 10.2 Å². The van der Waals surface area contributed by atoms with Crippen LogP contribution in [0.2, 0.25) is 0 Å². The van der Waals surface area contributed by atoms with Gasteiger partial charge in [-0.3, -0.25) is 13.9 Å². The molecule has 0 radical (unpaired) electrons. The Morgan fingerprint density at radius 3 is 2.22 bits per heavy atom. The topological polar surface area (TPSA) is 86.8 Å². The van der Waals surface area contributed by atoms with Crippen molar-refractivity contribution in [3.8, 4) is 0 Å². The van der Waals surface area contributed by atoms with Crippen LogP contribution in [0.1, 0.15) is 51.5 Å². The molecule has 1 atom stereocenters. The number of carbonyl (C=O) groups is 2. The predicted octanol–water partition coefficient (Wildman–Crippen LogP) is 4.37. The molecule has 0 bridgehead atoms. The fraction of sp³-hybridized carbons (Fsp3) is 0.462. The lowest BCUT2D eigenvalue weighted by Crippen LogP contribution is -2.49. The minimum Gasteiger partial charge on any atom is -0.354 e. The Bertz CT molecular complexity index is 1160. The first-order valence-electron chi connectivity index (χ1n) is 12.2. The van der Waals surface area contributed by atoms with Crippen LogP contribution in [0.5, 0.6) is 0 Å². The molecule has 0 spiro atoms. The fourth-order valence-electron chi connectivity index (χ4n) is 3.86. The Balaban J connectivity index is 2.20. The van der Waals surface area contributed by atoms with Gasteiger partial charge in [-0.05, 0) is 49.1 Å². The van der Waals surface area contributed by atoms with Crippen LogP contribution in [0.3, 0.4) is 0 Å². The summed E-state index contributed by atoms with van der Waals surface area (Å²) in [5, 5.41) is 2.84. The maximum atomic E-state index is 13.7. The minimum atomic E-state index is -3.85. The number of nitrogens with one attached hydrogen (secondary N) is 1. The van der Waals surface area contributed by atoms with Gasteiger partial charge in [0.1, 0.15) is 11.9 Å². The second kappa shape index (κ2) is 14.0. The highest BCUT2D eigenvalue weighted by Gasteiger charge is 2.29. The summed E-state index contributed by atoms with van der Waals surface area (Å²) >= 11 is 0. The van der Waals surface area contributed by atoms with Gasteiger partial charge >= 0.3 is 0 Å². The van der Waals surface area contributed by atoms with Gasteiger partial charge < -0.3 is 10.2 Å². The van der Waals surface area contributed by atoms with Gasteiger partial charge in [0.25, 0.3) is 0 Å². The van der Waals surface area contributed by atoms with E-state index < -0.39 is 33.5 Å². The van der Waals surface area contributed by atoms with Gasteiger partial charge in [-0.15, -0.1) is 0 Å². The lowest BCUT2D eigenvalue weighted by molar-refractivity contribution is -0.141. The van der Waals surface area contributed by atoms with Crippen LogP contribution >= 0.6 is 0 Å². The van der Waals surface area contributed by atoms with Gasteiger partial charge in [-0.25, -0.2) is 21.6 Å². The summed E-state index contributed by atoms with van der Waals surface area (Å²) in [5.74, 6) is -3.41. The number of sulfonamides is 1. The largest absolute Gasteiger partial charge is 0.354 e. The molecule has 7 nitrogen and oxygen atoms in total. The van der Waals surface area contributed by atoms with Crippen molar-refractivity contribution in [2.45, 2.75) is 58.5 Å². The lowest BCUT2D eigenvalue weighted by atomic mass is 10.1. The fourth-order valence-corrected chi connectivity index (χ4v) is 4.81. The van der Waals surface area contributed by atoms with Gasteiger partial charge in [0, 0.05) is 32.1 Å². The van der Waals surface area contributed by atoms with Crippen molar-refractivity contribution in [2.75, 3.05) is 23.7 Å². The number of amides is 2. The number of unbranched alkanes of at least 4 members (excludes halogenated alkanes) is 1. The van der Waals surface area contributed by atoms with E-state index in [0.717, 1.165) is 41.6 Å². The number of hydrogen-bond acceptors (Lipinski definition) is 4. The van der Waals surface area contributed by atoms with Crippen LogP contribution in [0.4, 0.5) is 18.9 Å². The molecule has 2 aromatic carbocycles. The van der Waals surface area contributed by atoms with Crippen LogP contribution in [0.15, 0.2) is 42.5 Å². The summed E-state index contributed by atoms with van der Waals surface area (Å²) in [4.78, 5) is 27.6. The Hall–Kier alpha value is -3.08. The standard InChI is InChI=1S/C26H34F3N3O4S/c1-4-6-15-30-26(34)24(5-2)31(18-19-9-11-20(27)12-10-19)25(33)8-7-16-32(37(3,35)36)21-13-14-22(28)23(29)17-21/h9-14,17,24H,4-8,15-16,18H2,1-3H3,(H,30,34). The zero-order chi connectivity index (χ0) is 27.6. The highest BCUT2D eigenvalue weighted by molar-refractivity contribution is 7.92. The molecule has 1 unspecified atom stereocenters. The molecule has 0 aliphatic carbocycles. The smallest absolute Gasteiger partial charge is 0.242 e. The third-order valence-electron chi connectivity index (χ3n) is 5.82. The molecule has 0 heterocycles. The van der Waals surface area contributed by atoms with E-state index >= 15 is 0 Å². The van der Waals surface area contributed by atoms with Crippen molar-refractivity contribution < 1.29 is 31.2 Å². The second-order valence-corrected chi connectivity index (χ2v) is 10.7. The van der Waals surface area contributed by atoms with Gasteiger partial charge in [-0.2, -0.15) is 0 Å². The van der Waals surface area contributed by atoms with Crippen molar-refractivity contribution >= 4 is 27.5 Å². The highest BCUT2D eigenvalue weighted by Crippen LogP contribution is 2.22. The number of hydrogen-bond donors (Lipinski definition) is 1. The first-order valence-corrected chi connectivity index (χ1v) is 14.1. The molecule has 37 heavy (non-hydrogen) atoms. The Labute approximate surface area is 216 Å². The SMILES string of the molecule is CCCCNC(=O)C(CC)N(Cc1ccc(F)cc1)C(=O)CCCN(c1ccc(F)c(F)c1)S(C)(=O)=O. The summed E-state index contributed by atoms with van der Waals surface area (Å²) in [6, 6.07) is 7.60. The number of rotatable bonds is 14. The van der Waals surface area contributed by atoms with E-state index in [-0.39, 0.29) is 43.4 Å². The zero-order valence-corrected chi connectivity index (χ0v) is 22.2. The normalized spacial score (nSPS) is 12.2. The number of carbonyl (C=O) groups excluding carboxylic acids is 2. The number of benzene rings is 2. The predicted molar refractivity (Wildman–Crippen MR) is 137 cm³/mol. The van der Waals surface area contributed by atoms with Gasteiger partial charge in [0.15, 0.2) is 11.6 Å². The van der Waals surface area contributed by atoms with E-state index in [1.54, 1.807) is 6.92 Å². The lowest BCUT2D eigenvalue weighted by Gasteiger charge is -2.31. The van der Waals surface area contributed by atoms with E-state index in [1.165, 1.54) is 29.2 Å². The van der Waals surface area contributed by atoms with E-state index in [1.807, 2.05) is 6.92 Å². The molecule has 0 aliphatic heterocycles. The number of halogens is 3. The molecular weight excluding hydrogens is 507 g/mol. The van der Waals surface area contributed by atoms with E-state index in [9.17, 15) is 31.2 Å². The molecule has 2 aromatic rings. The van der Waals surface area contributed by atoms with Crippen LogP contribution in [0, 0.1) is 17.5 Å². The van der Waals surface area contributed by atoms with Crippen molar-refractivity contribution in [1.29, 1.82) is 0 Å². The summed E-state index contributed by atoms with van der Waals surface area (Å²) in [5.41, 5.74) is 0.577. The first-order chi connectivity index (χ1) is 17.5. The average molecular weight is 542 g/mol. The molecule has 0 aromatic heterocycles. The monoisotopic (exact) mass is 541 g/mol. The Morgan fingerprint density at radius 1 is 0.973 bits per heavy atom. The molecule has 0 fully saturated rings. The maximum Gasteiger partial charge on any atom is 0.242 e. The van der Waals surface area contributed by atoms with Crippen molar-refractivity contribution in [3.05, 3.63) is 65.5 Å². The van der Waals surface area contributed by atoms with Gasteiger partial charge in [-0.1, -0.05) is 32.4 Å².